The van der Waals surface area contributed by atoms with E-state index < -0.39 is 0 Å². The number of hydrogen-bond donors (Lipinski definition) is 0. The fraction of sp³-hybridized carbons (Fsp3) is 0.250. The highest BCUT2D eigenvalue weighted by molar-refractivity contribution is 5.46. The first-order chi connectivity index (χ1) is 4.34. The molecule has 0 fully saturated rings. The Morgan fingerprint density at radius 1 is 1.56 bits per heavy atom. The molecule has 0 aliphatic carbocycles. The van der Waals surface area contributed by atoms with Crippen molar-refractivity contribution < 1.29 is 4.42 Å². The third kappa shape index (κ3) is 1.22. The molecule has 1 aromatic rings. The molecule has 9 heavy (non-hydrogen) atoms. The third-order valence-corrected chi connectivity index (χ3v) is 1.22. The molecule has 0 aliphatic heterocycles. The summed E-state index contributed by atoms with van der Waals surface area (Å²) in [6.45, 7) is 4.00. The fourth-order valence-corrected chi connectivity index (χ4v) is 0.707. The predicted molar refractivity (Wildman–Crippen MR) is 38.2 cm³/mol. The first kappa shape index (κ1) is 6.14. The van der Waals surface area contributed by atoms with Crippen LogP contribution in [0.2, 0.25) is 0 Å². The molecule has 0 unspecified atom stereocenters. The van der Waals surface area contributed by atoms with Gasteiger partial charge in [0.25, 0.3) is 0 Å². The molecule has 0 N–H and O–H groups in total. The van der Waals surface area contributed by atoms with Crippen molar-refractivity contribution in [3.8, 4) is 0 Å². The lowest BCUT2D eigenvalue weighted by Gasteiger charge is -1.83. The van der Waals surface area contributed by atoms with E-state index in [4.69, 9.17) is 4.42 Å². The first-order valence-corrected chi connectivity index (χ1v) is 3.01. The normalized spacial score (nSPS) is 10.9. The standard InChI is InChI=1S/C8H10O/c1-3-4-8-7(2)5-6-9-8/h3-6H,1-2H3. The predicted octanol–water partition coefficient (Wildman–Crippen LogP) is 2.62. The molecule has 0 radical (unpaired) electrons. The Hall–Kier alpha value is -0.980. The van der Waals surface area contributed by atoms with Crippen molar-refractivity contribution in [2.75, 3.05) is 0 Å². The van der Waals surface area contributed by atoms with Crippen LogP contribution < -0.4 is 0 Å². The molecule has 0 spiro atoms. The number of aryl methyl sites for hydroxylation is 1. The van der Waals surface area contributed by atoms with E-state index in [1.165, 1.54) is 5.56 Å². The van der Waals surface area contributed by atoms with Gasteiger partial charge in [-0.2, -0.15) is 0 Å². The van der Waals surface area contributed by atoms with Gasteiger partial charge in [0.05, 0.1) is 6.26 Å². The summed E-state index contributed by atoms with van der Waals surface area (Å²) in [5.74, 6) is 0.956. The highest BCUT2D eigenvalue weighted by Gasteiger charge is 1.92. The van der Waals surface area contributed by atoms with Gasteiger partial charge in [0.1, 0.15) is 5.76 Å². The summed E-state index contributed by atoms with van der Waals surface area (Å²) in [5.41, 5.74) is 1.19. The molecule has 0 saturated carbocycles. The van der Waals surface area contributed by atoms with Gasteiger partial charge in [-0.15, -0.1) is 0 Å². The molecule has 0 atom stereocenters. The molecule has 0 aliphatic rings. The van der Waals surface area contributed by atoms with Crippen LogP contribution in [0.15, 0.2) is 22.8 Å². The van der Waals surface area contributed by atoms with Crippen LogP contribution in [0, 0.1) is 6.92 Å². The lowest BCUT2D eigenvalue weighted by molar-refractivity contribution is 0.555. The Labute approximate surface area is 55.0 Å². The molecular weight excluding hydrogens is 112 g/mol. The zero-order chi connectivity index (χ0) is 6.69. The second-order valence-electron chi connectivity index (χ2n) is 1.97. The Balaban J connectivity index is 2.94. The summed E-state index contributed by atoms with van der Waals surface area (Å²) >= 11 is 0. The molecular formula is C8H10O. The molecule has 1 aromatic heterocycles. The van der Waals surface area contributed by atoms with Crippen molar-refractivity contribution in [2.24, 2.45) is 0 Å². The van der Waals surface area contributed by atoms with Gasteiger partial charge in [-0.1, -0.05) is 6.08 Å². The highest BCUT2D eigenvalue weighted by atomic mass is 16.3. The Bertz CT molecular complexity index is 208. The van der Waals surface area contributed by atoms with E-state index in [1.807, 2.05) is 32.1 Å². The lowest BCUT2D eigenvalue weighted by Crippen LogP contribution is -1.66. The number of allylic oxidation sites excluding steroid dienone is 1. The average molecular weight is 122 g/mol. The fourth-order valence-electron chi connectivity index (χ4n) is 0.707. The lowest BCUT2D eigenvalue weighted by atomic mass is 10.3. The largest absolute Gasteiger partial charge is 0.465 e. The third-order valence-electron chi connectivity index (χ3n) is 1.22. The molecule has 0 aromatic carbocycles. The second-order valence-corrected chi connectivity index (χ2v) is 1.97. The molecule has 1 heteroatoms. The molecule has 1 heterocycles. The van der Waals surface area contributed by atoms with Gasteiger partial charge < -0.3 is 4.42 Å². The van der Waals surface area contributed by atoms with Gasteiger partial charge >= 0.3 is 0 Å². The first-order valence-electron chi connectivity index (χ1n) is 3.01. The van der Waals surface area contributed by atoms with Crippen LogP contribution in [0.25, 0.3) is 6.08 Å². The van der Waals surface area contributed by atoms with Crippen LogP contribution in [0.1, 0.15) is 18.2 Å². The van der Waals surface area contributed by atoms with Crippen LogP contribution in [0.5, 0.6) is 0 Å². The summed E-state index contributed by atoms with van der Waals surface area (Å²) in [6.07, 6.45) is 5.62. The van der Waals surface area contributed by atoms with Crippen molar-refractivity contribution in [3.63, 3.8) is 0 Å². The van der Waals surface area contributed by atoms with Gasteiger partial charge in [0.15, 0.2) is 0 Å². The maximum atomic E-state index is 5.12. The summed E-state index contributed by atoms with van der Waals surface area (Å²) in [7, 11) is 0. The summed E-state index contributed by atoms with van der Waals surface area (Å²) < 4.78 is 5.12. The van der Waals surface area contributed by atoms with Crippen LogP contribution in [-0.2, 0) is 0 Å². The average Bonchev–Trinajstić information content (AvgIpc) is 2.18. The van der Waals surface area contributed by atoms with E-state index >= 15 is 0 Å². The van der Waals surface area contributed by atoms with Crippen molar-refractivity contribution in [2.45, 2.75) is 13.8 Å². The van der Waals surface area contributed by atoms with Crippen molar-refractivity contribution in [1.29, 1.82) is 0 Å². The Morgan fingerprint density at radius 2 is 2.33 bits per heavy atom. The SMILES string of the molecule is CC=Cc1occc1C. The van der Waals surface area contributed by atoms with Gasteiger partial charge in [-0.05, 0) is 31.6 Å². The minimum absolute atomic E-state index is 0.956. The molecule has 48 valence electrons. The van der Waals surface area contributed by atoms with Crippen molar-refractivity contribution >= 4 is 6.08 Å². The molecule has 0 saturated heterocycles. The maximum Gasteiger partial charge on any atom is 0.129 e. The number of furan rings is 1. The van der Waals surface area contributed by atoms with Crippen LogP contribution in [-0.4, -0.2) is 0 Å². The minimum Gasteiger partial charge on any atom is -0.465 e. The van der Waals surface area contributed by atoms with Gasteiger partial charge in [-0.25, -0.2) is 0 Å². The molecule has 1 nitrogen and oxygen atoms in total. The van der Waals surface area contributed by atoms with Gasteiger partial charge in [0, 0.05) is 0 Å². The van der Waals surface area contributed by atoms with Crippen LogP contribution >= 0.6 is 0 Å². The monoisotopic (exact) mass is 122 g/mol. The minimum atomic E-state index is 0.956. The second kappa shape index (κ2) is 2.53. The van der Waals surface area contributed by atoms with Crippen LogP contribution in [0.4, 0.5) is 0 Å². The van der Waals surface area contributed by atoms with E-state index in [0.717, 1.165) is 5.76 Å². The quantitative estimate of drug-likeness (QED) is 0.558. The highest BCUT2D eigenvalue weighted by Crippen LogP contribution is 2.09. The molecule has 0 amide bonds. The van der Waals surface area contributed by atoms with E-state index in [9.17, 15) is 0 Å². The number of hydrogen-bond acceptors (Lipinski definition) is 1. The summed E-state index contributed by atoms with van der Waals surface area (Å²) in [6, 6.07) is 1.95. The van der Waals surface area contributed by atoms with E-state index in [1.54, 1.807) is 6.26 Å². The summed E-state index contributed by atoms with van der Waals surface area (Å²) in [5, 5.41) is 0. The summed E-state index contributed by atoms with van der Waals surface area (Å²) in [4.78, 5) is 0. The topological polar surface area (TPSA) is 13.1 Å². The van der Waals surface area contributed by atoms with E-state index in [2.05, 4.69) is 0 Å². The van der Waals surface area contributed by atoms with Crippen molar-refractivity contribution in [3.05, 3.63) is 29.7 Å². The zero-order valence-corrected chi connectivity index (χ0v) is 5.72. The smallest absolute Gasteiger partial charge is 0.129 e. The van der Waals surface area contributed by atoms with E-state index in [0.29, 0.717) is 0 Å². The molecule has 1 rings (SSSR count). The van der Waals surface area contributed by atoms with E-state index in [-0.39, 0.29) is 0 Å². The Kier molecular flexibility index (Phi) is 1.73. The zero-order valence-electron chi connectivity index (χ0n) is 5.72. The molecule has 0 bridgehead atoms. The maximum absolute atomic E-state index is 5.12. The van der Waals surface area contributed by atoms with Gasteiger partial charge in [0.2, 0.25) is 0 Å². The van der Waals surface area contributed by atoms with Gasteiger partial charge in [-0.3, -0.25) is 0 Å². The van der Waals surface area contributed by atoms with Crippen LogP contribution in [0.3, 0.4) is 0 Å². The Morgan fingerprint density at radius 3 is 2.78 bits per heavy atom. The number of rotatable bonds is 1. The van der Waals surface area contributed by atoms with Crippen molar-refractivity contribution in [1.82, 2.24) is 0 Å².